The average Bonchev–Trinajstić information content (AvgIpc) is 3.01. The number of halogens is 1. The summed E-state index contributed by atoms with van der Waals surface area (Å²) in [5, 5.41) is 0.568. The van der Waals surface area contributed by atoms with Crippen molar-refractivity contribution < 1.29 is 23.9 Å². The molecule has 0 atom stereocenters. The van der Waals surface area contributed by atoms with Crippen molar-refractivity contribution in [2.45, 2.75) is 0 Å². The van der Waals surface area contributed by atoms with E-state index >= 15 is 0 Å². The first-order chi connectivity index (χ1) is 12.5. The minimum absolute atomic E-state index is 0.0297. The van der Waals surface area contributed by atoms with Gasteiger partial charge in [0.1, 0.15) is 19.8 Å². The molecule has 1 saturated heterocycles. The Labute approximate surface area is 157 Å². The number of benzene rings is 1. The smallest absolute Gasteiger partial charge is 0.249 e. The van der Waals surface area contributed by atoms with E-state index in [4.69, 9.17) is 21.1 Å². The van der Waals surface area contributed by atoms with Crippen LogP contribution in [-0.4, -0.2) is 81.3 Å². The van der Waals surface area contributed by atoms with Crippen LogP contribution in [0.25, 0.3) is 0 Å². The summed E-state index contributed by atoms with van der Waals surface area (Å²) in [4.78, 5) is 41.2. The fourth-order valence-corrected chi connectivity index (χ4v) is 2.66. The average molecular weight is 384 g/mol. The first-order valence-electron chi connectivity index (χ1n) is 8.05. The Morgan fingerprint density at radius 1 is 1.19 bits per heavy atom. The summed E-state index contributed by atoms with van der Waals surface area (Å²) in [5.74, 6) is -0.805. The van der Waals surface area contributed by atoms with Gasteiger partial charge in [-0.15, -0.1) is 0 Å². The minimum Gasteiger partial charge on any atom is -0.383 e. The van der Waals surface area contributed by atoms with Gasteiger partial charge >= 0.3 is 0 Å². The summed E-state index contributed by atoms with van der Waals surface area (Å²) >= 11 is 5.86. The molecule has 0 saturated carbocycles. The lowest BCUT2D eigenvalue weighted by Crippen LogP contribution is -2.45. The minimum atomic E-state index is -0.310. The van der Waals surface area contributed by atoms with Crippen molar-refractivity contribution in [2.75, 3.05) is 58.6 Å². The van der Waals surface area contributed by atoms with E-state index in [9.17, 15) is 14.4 Å². The monoisotopic (exact) mass is 383 g/mol. The van der Waals surface area contributed by atoms with Crippen LogP contribution in [0, 0.1) is 0 Å². The summed E-state index contributed by atoms with van der Waals surface area (Å²) in [5.41, 5.74) is 0.668. The third-order valence-electron chi connectivity index (χ3n) is 3.94. The van der Waals surface area contributed by atoms with Crippen LogP contribution in [0.15, 0.2) is 24.3 Å². The molecule has 1 fully saturated rings. The van der Waals surface area contributed by atoms with E-state index in [1.807, 2.05) is 0 Å². The van der Waals surface area contributed by atoms with E-state index in [0.29, 0.717) is 17.3 Å². The van der Waals surface area contributed by atoms with Crippen LogP contribution in [0.5, 0.6) is 0 Å². The third-order valence-corrected chi connectivity index (χ3v) is 4.19. The number of rotatable bonds is 8. The molecule has 2 rings (SSSR count). The van der Waals surface area contributed by atoms with Gasteiger partial charge in [0.2, 0.25) is 17.7 Å². The first kappa shape index (κ1) is 20.2. The normalized spacial score (nSPS) is 14.0. The van der Waals surface area contributed by atoms with Gasteiger partial charge in [-0.05, 0) is 24.3 Å². The number of ether oxygens (including phenoxy) is 2. The number of amides is 3. The van der Waals surface area contributed by atoms with Gasteiger partial charge in [0.15, 0.2) is 0 Å². The predicted molar refractivity (Wildman–Crippen MR) is 95.9 cm³/mol. The van der Waals surface area contributed by atoms with Crippen LogP contribution in [0.3, 0.4) is 0 Å². The molecule has 1 heterocycles. The molecule has 1 aliphatic rings. The highest BCUT2D eigenvalue weighted by molar-refractivity contribution is 6.30. The number of nitrogens with zero attached hydrogens (tertiary/aromatic N) is 3. The number of methoxy groups -OCH3 is 2. The summed E-state index contributed by atoms with van der Waals surface area (Å²) in [6.45, 7) is 0.430. The zero-order valence-electron chi connectivity index (χ0n) is 14.8. The summed E-state index contributed by atoms with van der Waals surface area (Å²) in [7, 11) is 2.93. The summed E-state index contributed by atoms with van der Waals surface area (Å²) in [6.07, 6.45) is 0. The lowest BCUT2D eigenvalue weighted by Gasteiger charge is -2.24. The van der Waals surface area contributed by atoms with Crippen LogP contribution in [-0.2, 0) is 23.9 Å². The summed E-state index contributed by atoms with van der Waals surface area (Å²) < 4.78 is 9.82. The number of hydrogen-bond donors (Lipinski definition) is 0. The molecule has 8 nitrogen and oxygen atoms in total. The molecule has 0 unspecified atom stereocenters. The zero-order valence-corrected chi connectivity index (χ0v) is 15.6. The van der Waals surface area contributed by atoms with E-state index in [-0.39, 0.29) is 50.6 Å². The quantitative estimate of drug-likeness (QED) is 0.656. The van der Waals surface area contributed by atoms with Gasteiger partial charge in [0.25, 0.3) is 0 Å². The van der Waals surface area contributed by atoms with Gasteiger partial charge in [-0.2, -0.15) is 0 Å². The number of carbonyl (C=O) groups is 3. The topological polar surface area (TPSA) is 79.4 Å². The largest absolute Gasteiger partial charge is 0.383 e. The number of carbonyl (C=O) groups excluding carboxylic acids is 3. The standard InChI is InChI=1S/C17H22ClN3O5/c1-25-8-7-19(17(24)11-26-2)9-15(22)20-10-16(23)21(12-20)14-5-3-13(18)4-6-14/h3-6H,7-12H2,1-2H3. The SMILES string of the molecule is COCCN(CC(=O)N1CC(=O)N(c2ccc(Cl)cc2)C1)C(=O)COC. The van der Waals surface area contributed by atoms with Gasteiger partial charge in [-0.3, -0.25) is 19.3 Å². The van der Waals surface area contributed by atoms with Gasteiger partial charge < -0.3 is 19.3 Å². The Balaban J connectivity index is 2.00. The van der Waals surface area contributed by atoms with Crippen LogP contribution in [0.1, 0.15) is 0 Å². The van der Waals surface area contributed by atoms with Crippen LogP contribution in [0.2, 0.25) is 5.02 Å². The van der Waals surface area contributed by atoms with E-state index in [0.717, 1.165) is 0 Å². The molecule has 0 aromatic heterocycles. The zero-order chi connectivity index (χ0) is 19.1. The Hall–Kier alpha value is -2.16. The lowest BCUT2D eigenvalue weighted by atomic mass is 10.3. The predicted octanol–water partition coefficient (Wildman–Crippen LogP) is 0.594. The second-order valence-corrected chi connectivity index (χ2v) is 6.21. The highest BCUT2D eigenvalue weighted by atomic mass is 35.5. The van der Waals surface area contributed by atoms with Crippen molar-refractivity contribution in [1.29, 1.82) is 0 Å². The molecular formula is C17H22ClN3O5. The second kappa shape index (κ2) is 9.51. The molecule has 1 aromatic rings. The maximum Gasteiger partial charge on any atom is 0.249 e. The Bertz CT molecular complexity index is 652. The van der Waals surface area contributed by atoms with Crippen molar-refractivity contribution >= 4 is 35.0 Å². The highest BCUT2D eigenvalue weighted by Gasteiger charge is 2.32. The van der Waals surface area contributed by atoms with Crippen molar-refractivity contribution in [1.82, 2.24) is 9.80 Å². The molecule has 0 spiro atoms. The molecule has 142 valence electrons. The molecule has 0 aliphatic carbocycles. The van der Waals surface area contributed by atoms with Gasteiger partial charge in [0.05, 0.1) is 13.2 Å². The Morgan fingerprint density at radius 2 is 1.88 bits per heavy atom. The molecule has 0 N–H and O–H groups in total. The molecular weight excluding hydrogens is 362 g/mol. The third kappa shape index (κ3) is 5.17. The van der Waals surface area contributed by atoms with Crippen molar-refractivity contribution in [3.8, 4) is 0 Å². The van der Waals surface area contributed by atoms with Crippen LogP contribution in [0.4, 0.5) is 5.69 Å². The Morgan fingerprint density at radius 3 is 2.50 bits per heavy atom. The van der Waals surface area contributed by atoms with E-state index in [1.165, 1.54) is 28.9 Å². The number of hydrogen-bond acceptors (Lipinski definition) is 5. The molecule has 3 amide bonds. The van der Waals surface area contributed by atoms with E-state index in [2.05, 4.69) is 0 Å². The fraction of sp³-hybridized carbons (Fsp3) is 0.471. The number of anilines is 1. The molecule has 9 heteroatoms. The van der Waals surface area contributed by atoms with Gasteiger partial charge in [-0.25, -0.2) is 0 Å². The maximum atomic E-state index is 12.6. The molecule has 26 heavy (non-hydrogen) atoms. The van der Waals surface area contributed by atoms with Crippen molar-refractivity contribution in [3.63, 3.8) is 0 Å². The fourth-order valence-electron chi connectivity index (χ4n) is 2.53. The van der Waals surface area contributed by atoms with E-state index < -0.39 is 0 Å². The lowest BCUT2D eigenvalue weighted by molar-refractivity contribution is -0.143. The first-order valence-corrected chi connectivity index (χ1v) is 8.43. The van der Waals surface area contributed by atoms with Crippen LogP contribution < -0.4 is 4.90 Å². The van der Waals surface area contributed by atoms with E-state index in [1.54, 1.807) is 24.3 Å². The van der Waals surface area contributed by atoms with Crippen LogP contribution >= 0.6 is 11.6 Å². The van der Waals surface area contributed by atoms with Crippen molar-refractivity contribution in [2.24, 2.45) is 0 Å². The second-order valence-electron chi connectivity index (χ2n) is 5.77. The maximum absolute atomic E-state index is 12.6. The van der Waals surface area contributed by atoms with Crippen molar-refractivity contribution in [3.05, 3.63) is 29.3 Å². The molecule has 1 aliphatic heterocycles. The summed E-state index contributed by atoms with van der Waals surface area (Å²) in [6, 6.07) is 6.82. The molecule has 1 aromatic carbocycles. The van der Waals surface area contributed by atoms with Gasteiger partial charge in [-0.1, -0.05) is 11.6 Å². The highest BCUT2D eigenvalue weighted by Crippen LogP contribution is 2.21. The molecule has 0 radical (unpaired) electrons. The Kier molecular flexibility index (Phi) is 7.38. The molecule has 0 bridgehead atoms. The van der Waals surface area contributed by atoms with Gasteiger partial charge in [0, 0.05) is 31.5 Å².